The summed E-state index contributed by atoms with van der Waals surface area (Å²) in [6.45, 7) is 3.62. The number of hydrogen-bond donors (Lipinski definition) is 1. The molecular weight excluding hydrogens is 392 g/mol. The molecule has 0 radical (unpaired) electrons. The van der Waals surface area contributed by atoms with Crippen LogP contribution in [0.15, 0.2) is 29.3 Å². The average Bonchev–Trinajstić information content (AvgIpc) is 3.24. The van der Waals surface area contributed by atoms with Gasteiger partial charge in [-0.2, -0.15) is 0 Å². The van der Waals surface area contributed by atoms with E-state index in [4.69, 9.17) is 9.47 Å². The molecule has 3 atom stereocenters. The van der Waals surface area contributed by atoms with Crippen molar-refractivity contribution in [2.24, 2.45) is 7.05 Å². The average molecular weight is 408 g/mol. The van der Waals surface area contributed by atoms with Crippen molar-refractivity contribution >= 4 is 29.7 Å². The van der Waals surface area contributed by atoms with Gasteiger partial charge in [-0.3, -0.25) is 14.6 Å². The fraction of sp³-hybridized carbons (Fsp3) is 0.467. The third-order valence-corrected chi connectivity index (χ3v) is 5.69. The summed E-state index contributed by atoms with van der Waals surface area (Å²) in [7, 11) is 1.65. The fourth-order valence-electron chi connectivity index (χ4n) is 3.54. The number of tetrazole rings is 1. The van der Waals surface area contributed by atoms with Crippen LogP contribution >= 0.6 is 11.8 Å². The van der Waals surface area contributed by atoms with Crippen molar-refractivity contribution in [1.29, 1.82) is 0 Å². The molecule has 0 aromatic carbocycles. The Bertz CT molecular complexity index is 899. The molecule has 0 saturated carbocycles. The quantitative estimate of drug-likeness (QED) is 0.362. The van der Waals surface area contributed by atoms with Crippen molar-refractivity contribution in [1.82, 2.24) is 30.0 Å². The second-order valence-corrected chi connectivity index (χ2v) is 7.21. The maximum absolute atomic E-state index is 12.6. The van der Waals surface area contributed by atoms with Crippen LogP contribution in [0.5, 0.6) is 0 Å². The maximum atomic E-state index is 12.6. The molecule has 0 bridgehead atoms. The number of carbonyl (C=O) groups excluding carboxylic acids is 2. The molecule has 2 fully saturated rings. The van der Waals surface area contributed by atoms with Gasteiger partial charge >= 0.3 is 12.1 Å². The van der Waals surface area contributed by atoms with E-state index in [1.807, 2.05) is 0 Å². The van der Waals surface area contributed by atoms with E-state index in [0.717, 1.165) is 0 Å². The Labute approximate surface area is 162 Å². The lowest BCUT2D eigenvalue weighted by Gasteiger charge is -2.48. The van der Waals surface area contributed by atoms with Gasteiger partial charge in [-0.05, 0) is 10.4 Å². The molecule has 2 amide bonds. The lowest BCUT2D eigenvalue weighted by Crippen LogP contribution is -2.70. The second-order valence-electron chi connectivity index (χ2n) is 6.27. The molecule has 148 valence electrons. The van der Waals surface area contributed by atoms with Gasteiger partial charge in [0.25, 0.3) is 5.91 Å². The number of thioether (sulfide) groups is 1. The van der Waals surface area contributed by atoms with E-state index in [2.05, 4.69) is 22.1 Å². The third kappa shape index (κ3) is 2.69. The normalized spacial score (nSPS) is 25.2. The topological polar surface area (TPSA) is 140 Å². The Balaban J connectivity index is 1.57. The number of amides is 2. The SMILES string of the molecule is C=CCOC(=O)N1C[C@H]2OC(CSc3nnnn3C)=C(C(=O)O)N3C(=O)[C@@H]1[C@@H]23. The molecule has 0 unspecified atom stereocenters. The highest BCUT2D eigenvalue weighted by Gasteiger charge is 2.66. The van der Waals surface area contributed by atoms with Crippen molar-refractivity contribution in [2.75, 3.05) is 18.9 Å². The number of rotatable bonds is 6. The van der Waals surface area contributed by atoms with Gasteiger partial charge in [0.05, 0.1) is 12.3 Å². The molecule has 4 rings (SSSR count). The minimum atomic E-state index is -1.27. The molecule has 0 aliphatic carbocycles. The molecule has 1 aromatic rings. The summed E-state index contributed by atoms with van der Waals surface area (Å²) in [6.07, 6.45) is 0.233. The van der Waals surface area contributed by atoms with Gasteiger partial charge in [0.1, 0.15) is 30.6 Å². The van der Waals surface area contributed by atoms with Crippen LogP contribution in [0, 0.1) is 0 Å². The molecule has 12 nitrogen and oxygen atoms in total. The third-order valence-electron chi connectivity index (χ3n) is 4.68. The first-order chi connectivity index (χ1) is 13.4. The Kier molecular flexibility index (Phi) is 4.45. The number of hydrogen-bond acceptors (Lipinski definition) is 9. The van der Waals surface area contributed by atoms with E-state index < -0.39 is 36.2 Å². The van der Waals surface area contributed by atoms with Gasteiger partial charge < -0.3 is 14.6 Å². The second kappa shape index (κ2) is 6.82. The van der Waals surface area contributed by atoms with E-state index in [9.17, 15) is 19.5 Å². The smallest absolute Gasteiger partial charge is 0.410 e. The molecule has 2 saturated heterocycles. The molecule has 3 aliphatic heterocycles. The van der Waals surface area contributed by atoms with Crippen LogP contribution in [0.3, 0.4) is 0 Å². The predicted octanol–water partition coefficient (Wildman–Crippen LogP) is -0.785. The van der Waals surface area contributed by atoms with E-state index in [0.29, 0.717) is 5.16 Å². The van der Waals surface area contributed by atoms with Gasteiger partial charge in [0, 0.05) is 7.05 Å². The van der Waals surface area contributed by atoms with Crippen LogP contribution in [0.25, 0.3) is 0 Å². The molecule has 13 heteroatoms. The Hall–Kier alpha value is -3.09. The fourth-order valence-corrected chi connectivity index (χ4v) is 4.32. The van der Waals surface area contributed by atoms with Crippen LogP contribution in [0.2, 0.25) is 0 Å². The Morgan fingerprint density at radius 2 is 2.29 bits per heavy atom. The molecule has 1 N–H and O–H groups in total. The lowest BCUT2D eigenvalue weighted by molar-refractivity contribution is -0.161. The first-order valence-corrected chi connectivity index (χ1v) is 9.28. The van der Waals surface area contributed by atoms with Gasteiger partial charge in [-0.15, -0.1) is 5.10 Å². The number of carbonyl (C=O) groups is 3. The Morgan fingerprint density at radius 1 is 1.50 bits per heavy atom. The lowest BCUT2D eigenvalue weighted by atomic mass is 9.91. The number of ether oxygens (including phenoxy) is 2. The zero-order valence-electron chi connectivity index (χ0n) is 14.7. The van der Waals surface area contributed by atoms with Crippen molar-refractivity contribution in [2.45, 2.75) is 23.3 Å². The van der Waals surface area contributed by atoms with Crippen LogP contribution in [0.1, 0.15) is 0 Å². The predicted molar refractivity (Wildman–Crippen MR) is 91.7 cm³/mol. The zero-order chi connectivity index (χ0) is 20.0. The van der Waals surface area contributed by atoms with Crippen molar-refractivity contribution in [3.63, 3.8) is 0 Å². The molecule has 1 aromatic heterocycles. The number of aromatic nitrogens is 4. The molecule has 28 heavy (non-hydrogen) atoms. The monoisotopic (exact) mass is 408 g/mol. The molecule has 4 heterocycles. The van der Waals surface area contributed by atoms with Crippen LogP contribution < -0.4 is 0 Å². The number of β-lactam (4-membered cyclic amide) rings is 1. The number of aliphatic carboxylic acids is 1. The number of nitrogens with zero attached hydrogens (tertiary/aromatic N) is 6. The van der Waals surface area contributed by atoms with Gasteiger partial charge in [-0.1, -0.05) is 24.4 Å². The molecule has 0 spiro atoms. The summed E-state index contributed by atoms with van der Waals surface area (Å²) in [4.78, 5) is 39.2. The highest BCUT2D eigenvalue weighted by Crippen LogP contribution is 2.44. The number of aryl methyl sites for hydroxylation is 1. The van der Waals surface area contributed by atoms with Crippen molar-refractivity contribution in [3.05, 3.63) is 24.1 Å². The Morgan fingerprint density at radius 3 is 2.93 bits per heavy atom. The van der Waals surface area contributed by atoms with E-state index in [-0.39, 0.29) is 30.4 Å². The minimum absolute atomic E-state index is 0.0163. The van der Waals surface area contributed by atoms with Crippen LogP contribution in [-0.4, -0.2) is 90.2 Å². The van der Waals surface area contributed by atoms with E-state index >= 15 is 0 Å². The van der Waals surface area contributed by atoms with E-state index in [1.165, 1.54) is 32.3 Å². The van der Waals surface area contributed by atoms with Gasteiger partial charge in [-0.25, -0.2) is 14.3 Å². The van der Waals surface area contributed by atoms with Crippen LogP contribution in [0.4, 0.5) is 4.79 Å². The number of carboxylic acid groups (broad SMARTS) is 1. The van der Waals surface area contributed by atoms with Crippen molar-refractivity contribution in [3.8, 4) is 0 Å². The van der Waals surface area contributed by atoms with Gasteiger partial charge in [0.15, 0.2) is 5.70 Å². The van der Waals surface area contributed by atoms with Crippen molar-refractivity contribution < 1.29 is 29.0 Å². The summed E-state index contributed by atoms with van der Waals surface area (Å²) < 4.78 is 12.4. The van der Waals surface area contributed by atoms with E-state index in [1.54, 1.807) is 7.05 Å². The maximum Gasteiger partial charge on any atom is 0.410 e. The summed E-state index contributed by atoms with van der Waals surface area (Å²) in [6, 6.07) is -1.33. The largest absolute Gasteiger partial charge is 0.487 e. The summed E-state index contributed by atoms with van der Waals surface area (Å²) >= 11 is 1.18. The first-order valence-electron chi connectivity index (χ1n) is 8.29. The number of likely N-dealkylation sites (tertiary alicyclic amines) is 1. The van der Waals surface area contributed by atoms with Crippen LogP contribution in [-0.2, 0) is 26.1 Å². The van der Waals surface area contributed by atoms with Gasteiger partial charge in [0.2, 0.25) is 5.16 Å². The standard InChI is InChI=1S/C15H16N6O6S/c1-3-4-26-15(25)20-5-7-9-11(20)12(22)21(9)10(13(23)24)8(27-7)6-28-14-16-17-18-19(14)2/h3,7,9,11H,1,4-6H2,2H3,(H,23,24)/t7-,9-,11+/m1/s1. The summed E-state index contributed by atoms with van der Waals surface area (Å²) in [5.74, 6) is -1.49. The molecule has 3 aliphatic rings. The molecular formula is C15H16N6O6S. The number of carboxylic acids is 1. The summed E-state index contributed by atoms with van der Waals surface area (Å²) in [5.41, 5.74) is -0.216. The zero-order valence-corrected chi connectivity index (χ0v) is 15.5. The highest BCUT2D eigenvalue weighted by atomic mass is 32.2. The highest BCUT2D eigenvalue weighted by molar-refractivity contribution is 7.99. The first kappa shape index (κ1) is 18.3. The minimum Gasteiger partial charge on any atom is -0.487 e. The summed E-state index contributed by atoms with van der Waals surface area (Å²) in [5, 5.41) is 21.2.